The summed E-state index contributed by atoms with van der Waals surface area (Å²) in [4.78, 5) is 29.7. The number of sulfone groups is 1. The Balaban J connectivity index is 1.34. The van der Waals surface area contributed by atoms with E-state index in [0.29, 0.717) is 25.2 Å². The Kier molecular flexibility index (Phi) is 6.76. The van der Waals surface area contributed by atoms with Gasteiger partial charge in [0.15, 0.2) is 9.84 Å². The number of nitrogens with one attached hydrogen (secondary N) is 1. The van der Waals surface area contributed by atoms with Gasteiger partial charge < -0.3 is 15.1 Å². The fourth-order valence-corrected chi connectivity index (χ4v) is 6.22. The minimum atomic E-state index is -3.64. The molecule has 2 heterocycles. The third-order valence-corrected chi connectivity index (χ3v) is 8.99. The Morgan fingerprint density at radius 2 is 1.81 bits per heavy atom. The van der Waals surface area contributed by atoms with Crippen LogP contribution in [-0.2, 0) is 19.4 Å². The second-order valence-corrected chi connectivity index (χ2v) is 11.3. The van der Waals surface area contributed by atoms with Crippen LogP contribution in [0.15, 0.2) is 58.3 Å². The molecule has 1 N–H and O–H groups in total. The molecule has 7 nitrogen and oxygen atoms in total. The second-order valence-electron chi connectivity index (χ2n) is 7.93. The Labute approximate surface area is 193 Å². The molecular weight excluding hydrogens is 446 g/mol. The summed E-state index contributed by atoms with van der Waals surface area (Å²) in [5.41, 5.74) is 1.65. The standard InChI is InChI=1S/C23H27N3O4S2/c1-2-20-23(28)24-19-16-18(8-9-21(19)31-20)32(29,30)15-10-22(27)26-13-11-25(12-14-26)17-6-4-3-5-7-17/h3-9,16,20H,2,10-15H2,1H3,(H,24,28)/t20-/m0/s1. The van der Waals surface area contributed by atoms with Gasteiger partial charge in [-0.15, -0.1) is 11.8 Å². The SMILES string of the molecule is CC[C@@H]1Sc2ccc(S(=O)(=O)CCC(=O)N3CCN(c4ccccc4)CC3)cc2NC1=O. The molecule has 32 heavy (non-hydrogen) atoms. The van der Waals surface area contributed by atoms with E-state index in [2.05, 4.69) is 10.2 Å². The third kappa shape index (κ3) is 4.94. The molecule has 0 aromatic heterocycles. The highest BCUT2D eigenvalue weighted by molar-refractivity contribution is 8.01. The molecular formula is C23H27N3O4S2. The van der Waals surface area contributed by atoms with E-state index in [-0.39, 0.29) is 34.1 Å². The number of nitrogens with zero attached hydrogens (tertiary/aromatic N) is 2. The van der Waals surface area contributed by atoms with Crippen LogP contribution in [-0.4, -0.2) is 62.3 Å². The maximum absolute atomic E-state index is 12.8. The lowest BCUT2D eigenvalue weighted by atomic mass is 10.2. The van der Waals surface area contributed by atoms with Crippen molar-refractivity contribution in [2.45, 2.75) is 34.8 Å². The molecule has 0 saturated carbocycles. The number of para-hydroxylation sites is 1. The first-order chi connectivity index (χ1) is 15.4. The summed E-state index contributed by atoms with van der Waals surface area (Å²) >= 11 is 1.45. The zero-order valence-corrected chi connectivity index (χ0v) is 19.6. The number of piperazine rings is 1. The minimum Gasteiger partial charge on any atom is -0.368 e. The predicted molar refractivity (Wildman–Crippen MR) is 127 cm³/mol. The van der Waals surface area contributed by atoms with Crippen LogP contribution in [0.25, 0.3) is 0 Å². The summed E-state index contributed by atoms with van der Waals surface area (Å²) in [6, 6.07) is 14.9. The minimum absolute atomic E-state index is 0.0518. The van der Waals surface area contributed by atoms with Gasteiger partial charge in [-0.05, 0) is 36.8 Å². The zero-order chi connectivity index (χ0) is 22.7. The Morgan fingerprint density at radius 1 is 1.09 bits per heavy atom. The summed E-state index contributed by atoms with van der Waals surface area (Å²) in [6.45, 7) is 4.55. The van der Waals surface area contributed by atoms with Crippen LogP contribution < -0.4 is 10.2 Å². The van der Waals surface area contributed by atoms with Crippen LogP contribution in [0, 0.1) is 0 Å². The number of fused-ring (bicyclic) bond motifs is 1. The van der Waals surface area contributed by atoms with Crippen molar-refractivity contribution in [2.75, 3.05) is 42.1 Å². The first-order valence-corrected chi connectivity index (χ1v) is 13.3. The quantitative estimate of drug-likeness (QED) is 0.694. The van der Waals surface area contributed by atoms with Crippen LogP contribution in [0.3, 0.4) is 0 Å². The summed E-state index contributed by atoms with van der Waals surface area (Å²) in [5.74, 6) is -0.499. The number of carbonyl (C=O) groups is 2. The number of rotatable bonds is 6. The van der Waals surface area contributed by atoms with Gasteiger partial charge in [-0.3, -0.25) is 9.59 Å². The van der Waals surface area contributed by atoms with E-state index in [1.807, 2.05) is 37.3 Å². The van der Waals surface area contributed by atoms with Crippen molar-refractivity contribution >= 4 is 44.8 Å². The molecule has 0 unspecified atom stereocenters. The topological polar surface area (TPSA) is 86.8 Å². The summed E-state index contributed by atoms with van der Waals surface area (Å²) < 4.78 is 25.7. The van der Waals surface area contributed by atoms with Gasteiger partial charge in [0, 0.05) is 43.2 Å². The van der Waals surface area contributed by atoms with Crippen LogP contribution in [0.1, 0.15) is 19.8 Å². The molecule has 1 saturated heterocycles. The van der Waals surface area contributed by atoms with Gasteiger partial charge in [0.25, 0.3) is 0 Å². The predicted octanol–water partition coefficient (Wildman–Crippen LogP) is 3.02. The molecule has 2 aliphatic heterocycles. The molecule has 170 valence electrons. The average Bonchev–Trinajstić information content (AvgIpc) is 2.82. The van der Waals surface area contributed by atoms with Gasteiger partial charge in [0.2, 0.25) is 11.8 Å². The van der Waals surface area contributed by atoms with E-state index in [4.69, 9.17) is 0 Å². The maximum Gasteiger partial charge on any atom is 0.237 e. The molecule has 2 aromatic rings. The Hall–Kier alpha value is -2.52. The number of carbonyl (C=O) groups excluding carboxylic acids is 2. The molecule has 2 aliphatic rings. The highest BCUT2D eigenvalue weighted by Crippen LogP contribution is 2.38. The van der Waals surface area contributed by atoms with Gasteiger partial charge in [-0.25, -0.2) is 8.42 Å². The maximum atomic E-state index is 12.8. The third-order valence-electron chi connectivity index (χ3n) is 5.84. The van der Waals surface area contributed by atoms with E-state index in [0.717, 1.165) is 23.7 Å². The van der Waals surface area contributed by atoms with Crippen molar-refractivity contribution in [1.29, 1.82) is 0 Å². The van der Waals surface area contributed by atoms with E-state index < -0.39 is 9.84 Å². The first-order valence-electron chi connectivity index (χ1n) is 10.8. The Morgan fingerprint density at radius 3 is 2.50 bits per heavy atom. The fourth-order valence-electron chi connectivity index (χ4n) is 3.94. The van der Waals surface area contributed by atoms with Crippen LogP contribution in [0.4, 0.5) is 11.4 Å². The van der Waals surface area contributed by atoms with E-state index >= 15 is 0 Å². The van der Waals surface area contributed by atoms with Crippen molar-refractivity contribution < 1.29 is 18.0 Å². The lowest BCUT2D eigenvalue weighted by Gasteiger charge is -2.36. The number of thioether (sulfide) groups is 1. The van der Waals surface area contributed by atoms with Crippen LogP contribution in [0.5, 0.6) is 0 Å². The van der Waals surface area contributed by atoms with Crippen molar-refractivity contribution in [3.63, 3.8) is 0 Å². The summed E-state index contributed by atoms with van der Waals surface area (Å²) in [5, 5.41) is 2.64. The van der Waals surface area contributed by atoms with Gasteiger partial charge in [0.1, 0.15) is 0 Å². The Bertz CT molecular complexity index is 1100. The molecule has 1 fully saturated rings. The second kappa shape index (κ2) is 9.54. The van der Waals surface area contributed by atoms with Crippen molar-refractivity contribution in [2.24, 2.45) is 0 Å². The molecule has 0 bridgehead atoms. The number of anilines is 2. The number of hydrogen-bond acceptors (Lipinski definition) is 6. The monoisotopic (exact) mass is 473 g/mol. The molecule has 4 rings (SSSR count). The molecule has 1 atom stereocenters. The van der Waals surface area contributed by atoms with Crippen molar-refractivity contribution in [3.8, 4) is 0 Å². The fraction of sp³-hybridized carbons (Fsp3) is 0.391. The van der Waals surface area contributed by atoms with Crippen LogP contribution >= 0.6 is 11.8 Å². The van der Waals surface area contributed by atoms with Gasteiger partial charge in [0.05, 0.1) is 21.6 Å². The largest absolute Gasteiger partial charge is 0.368 e. The lowest BCUT2D eigenvalue weighted by molar-refractivity contribution is -0.131. The normalized spacial score (nSPS) is 18.8. The molecule has 2 amide bonds. The molecule has 0 aliphatic carbocycles. The molecule has 9 heteroatoms. The smallest absolute Gasteiger partial charge is 0.237 e. The van der Waals surface area contributed by atoms with E-state index in [1.54, 1.807) is 17.0 Å². The highest BCUT2D eigenvalue weighted by Gasteiger charge is 2.28. The zero-order valence-electron chi connectivity index (χ0n) is 18.0. The number of benzene rings is 2. The van der Waals surface area contributed by atoms with Crippen molar-refractivity contribution in [1.82, 2.24) is 4.90 Å². The van der Waals surface area contributed by atoms with Crippen LogP contribution in [0.2, 0.25) is 0 Å². The van der Waals surface area contributed by atoms with Gasteiger partial charge in [-0.2, -0.15) is 0 Å². The molecule has 0 radical (unpaired) electrons. The average molecular weight is 474 g/mol. The van der Waals surface area contributed by atoms with Gasteiger partial charge >= 0.3 is 0 Å². The molecule has 2 aromatic carbocycles. The van der Waals surface area contributed by atoms with Gasteiger partial charge in [-0.1, -0.05) is 25.1 Å². The summed E-state index contributed by atoms with van der Waals surface area (Å²) in [7, 11) is -3.64. The van der Waals surface area contributed by atoms with E-state index in [1.165, 1.54) is 17.8 Å². The lowest BCUT2D eigenvalue weighted by Crippen LogP contribution is -2.49. The highest BCUT2D eigenvalue weighted by atomic mass is 32.2. The van der Waals surface area contributed by atoms with Crippen molar-refractivity contribution in [3.05, 3.63) is 48.5 Å². The molecule has 0 spiro atoms. The number of hydrogen-bond donors (Lipinski definition) is 1. The first kappa shape index (κ1) is 22.7. The summed E-state index contributed by atoms with van der Waals surface area (Å²) in [6.07, 6.45) is 0.654. The van der Waals surface area contributed by atoms with E-state index in [9.17, 15) is 18.0 Å². The number of amides is 2.